The van der Waals surface area contributed by atoms with Gasteiger partial charge in [-0.2, -0.15) is 0 Å². The summed E-state index contributed by atoms with van der Waals surface area (Å²) >= 11 is 0. The number of nitrogens with two attached hydrogens (primary N) is 3. The second-order valence-corrected chi connectivity index (χ2v) is 24.9. The Kier molecular flexibility index (Phi) is 34.0. The first kappa shape index (κ1) is 87.9. The zero-order valence-corrected chi connectivity index (χ0v) is 58.8. The number of aromatic nitrogens is 2. The molecule has 45 heteroatoms. The van der Waals surface area contributed by atoms with Crippen molar-refractivity contribution < 1.29 is 127 Å². The lowest BCUT2D eigenvalue weighted by molar-refractivity contribution is -0.145. The highest BCUT2D eigenvalue weighted by Crippen LogP contribution is 2.23. The molecular formula is C65H87N19O26. The maximum absolute atomic E-state index is 14.2. The largest absolute Gasteiger partial charge is 0.481 e. The van der Waals surface area contributed by atoms with E-state index in [-0.39, 0.29) is 25.8 Å². The molecule has 0 aliphatic carbocycles. The number of aliphatic carboxylic acids is 3. The number of primary amides is 2. The van der Waals surface area contributed by atoms with E-state index in [2.05, 4.69) is 57.8 Å². The first-order chi connectivity index (χ1) is 52.1. The van der Waals surface area contributed by atoms with Gasteiger partial charge in [0.25, 0.3) is 0 Å². The quantitative estimate of drug-likeness (QED) is 0.0195. The van der Waals surface area contributed by atoms with Crippen LogP contribution in [0.15, 0.2) is 60.9 Å². The van der Waals surface area contributed by atoms with Crippen molar-refractivity contribution in [1.82, 2.24) is 84.0 Å². The zero-order chi connectivity index (χ0) is 81.6. The molecule has 0 unspecified atom stereocenters. The molecule has 3 heterocycles. The lowest BCUT2D eigenvalue weighted by Crippen LogP contribution is -2.61. The Morgan fingerprint density at radius 3 is 1.33 bits per heavy atom. The number of nitrogens with zero attached hydrogens (tertiary/aromatic N) is 1. The summed E-state index contributed by atoms with van der Waals surface area (Å²) in [6, 6.07) is -8.12. The predicted molar refractivity (Wildman–Crippen MR) is 373 cm³/mol. The third kappa shape index (κ3) is 26.6. The Balaban J connectivity index is 1.23. The number of rotatable bonds is 45. The Morgan fingerprint density at radius 1 is 0.455 bits per heavy atom. The normalized spacial score (nSPS) is 15.4. The fourth-order valence-corrected chi connectivity index (χ4v) is 11.1. The number of aliphatic hydroxyl groups is 4. The number of amides is 16. The highest BCUT2D eigenvalue weighted by molar-refractivity contribution is 6.02. The summed E-state index contributed by atoms with van der Waals surface area (Å²) < 4.78 is 0. The van der Waals surface area contributed by atoms with Crippen LogP contribution >= 0.6 is 0 Å². The molecule has 28 N–H and O–H groups in total. The van der Waals surface area contributed by atoms with Crippen LogP contribution in [0.25, 0.3) is 21.8 Å². The van der Waals surface area contributed by atoms with Gasteiger partial charge in [0.2, 0.25) is 94.5 Å². The number of carbonyl (C=O) groups excluding carboxylic acids is 16. The van der Waals surface area contributed by atoms with Gasteiger partial charge in [0.1, 0.15) is 72.5 Å². The summed E-state index contributed by atoms with van der Waals surface area (Å²) in [4.78, 5) is 255. The Labute approximate surface area is 622 Å². The third-order valence-electron chi connectivity index (χ3n) is 16.7. The topological polar surface area (TPSA) is 735 Å². The summed E-state index contributed by atoms with van der Waals surface area (Å²) in [6.45, 7) is -6.31. The van der Waals surface area contributed by atoms with Crippen LogP contribution in [0.1, 0.15) is 63.0 Å². The molecule has 2 aromatic heterocycles. The van der Waals surface area contributed by atoms with Crippen molar-refractivity contribution in [2.24, 2.45) is 17.2 Å². The minimum Gasteiger partial charge on any atom is -0.481 e. The van der Waals surface area contributed by atoms with Crippen LogP contribution < -0.4 is 86.3 Å². The van der Waals surface area contributed by atoms with Crippen molar-refractivity contribution in [2.75, 3.05) is 52.6 Å². The van der Waals surface area contributed by atoms with Crippen molar-refractivity contribution in [2.45, 2.75) is 137 Å². The summed E-state index contributed by atoms with van der Waals surface area (Å²) in [7, 11) is 0. The average Bonchev–Trinajstić information content (AvgIpc) is 1.64. The van der Waals surface area contributed by atoms with Crippen LogP contribution in [0.5, 0.6) is 0 Å². The lowest BCUT2D eigenvalue weighted by Gasteiger charge is -2.30. The van der Waals surface area contributed by atoms with E-state index in [4.69, 9.17) is 17.2 Å². The molecule has 0 spiro atoms. The fourth-order valence-electron chi connectivity index (χ4n) is 11.1. The average molecular weight is 1550 g/mol. The third-order valence-corrected chi connectivity index (χ3v) is 16.7. The van der Waals surface area contributed by atoms with E-state index in [9.17, 15) is 127 Å². The number of carboxylic acids is 3. The number of benzene rings is 2. The van der Waals surface area contributed by atoms with Gasteiger partial charge in [0.15, 0.2) is 0 Å². The number of para-hydroxylation sites is 2. The van der Waals surface area contributed by atoms with E-state index in [1.807, 2.05) is 21.3 Å². The van der Waals surface area contributed by atoms with Crippen molar-refractivity contribution >= 4 is 134 Å². The highest BCUT2D eigenvalue weighted by Gasteiger charge is 2.42. The first-order valence-corrected chi connectivity index (χ1v) is 33.8. The molecule has 45 nitrogen and oxygen atoms in total. The number of likely N-dealkylation sites (tertiary alicyclic amines) is 1. The number of fused-ring (bicyclic) bond motifs is 2. The van der Waals surface area contributed by atoms with E-state index in [1.54, 1.807) is 54.7 Å². The van der Waals surface area contributed by atoms with Gasteiger partial charge in [-0.15, -0.1) is 0 Å². The maximum Gasteiger partial charge on any atom is 0.326 e. The van der Waals surface area contributed by atoms with E-state index in [1.165, 1.54) is 13.1 Å². The molecule has 0 bridgehead atoms. The van der Waals surface area contributed by atoms with Crippen LogP contribution in [-0.2, 0) is 104 Å². The second kappa shape index (κ2) is 42.6. The number of carbonyl (C=O) groups is 19. The molecule has 1 aliphatic heterocycles. The van der Waals surface area contributed by atoms with E-state index in [0.717, 1.165) is 4.90 Å². The lowest BCUT2D eigenvalue weighted by atomic mass is 10.0. The van der Waals surface area contributed by atoms with E-state index < -0.39 is 270 Å². The number of H-pyrrole nitrogens is 2. The molecule has 12 atom stereocenters. The summed E-state index contributed by atoms with van der Waals surface area (Å²) in [5, 5.41) is 98.7. The molecule has 1 fully saturated rings. The molecule has 1 saturated heterocycles. The van der Waals surface area contributed by atoms with Crippen LogP contribution in [0.4, 0.5) is 0 Å². The van der Waals surface area contributed by atoms with Gasteiger partial charge in [0.05, 0.1) is 65.3 Å². The predicted octanol–water partition coefficient (Wildman–Crippen LogP) is -11.9. The SMILES string of the molecule is C[C@H](NC(=O)CN)C(=O)N[C@@H](CO)C(=O)N[C@@H](CC(=O)O)C(=O)NCC(=O)N[C@@H](CO)C(=O)NCC(=O)N[C@@H](Cc1c[nH]c2ccccc12)C(=O)N[C@@H](CO)C(=O)N[C@@H](CO)C(=O)N[C@@H](CCC(=O)O)C(=O)N[C@@H](CC(N)=O)C(=O)N[C@@H](CC(N)=O)C(=O)N1CCC[C@H]1C(=O)N[C@@H](Cc1c[nH]c2ccccc12)C(=O)O. The van der Waals surface area contributed by atoms with Gasteiger partial charge < -0.3 is 137 Å². The van der Waals surface area contributed by atoms with Crippen molar-refractivity contribution in [3.8, 4) is 0 Å². The molecule has 5 rings (SSSR count). The number of nitrogens with one attached hydrogen (secondary N) is 15. The Hall–Kier alpha value is -12.8. The van der Waals surface area contributed by atoms with E-state index in [0.29, 0.717) is 32.9 Å². The van der Waals surface area contributed by atoms with Crippen LogP contribution in [0, 0.1) is 0 Å². The van der Waals surface area contributed by atoms with Crippen LogP contribution in [0.2, 0.25) is 0 Å². The molecule has 0 saturated carbocycles. The monoisotopic (exact) mass is 1550 g/mol. The summed E-state index contributed by atoms with van der Waals surface area (Å²) in [5.74, 6) is -23.9. The molecular weight excluding hydrogens is 1460 g/mol. The van der Waals surface area contributed by atoms with Crippen molar-refractivity contribution in [1.29, 1.82) is 0 Å². The molecule has 16 amide bonds. The van der Waals surface area contributed by atoms with Gasteiger partial charge in [-0.05, 0) is 49.4 Å². The molecule has 0 radical (unpaired) electrons. The minimum atomic E-state index is -2.12. The highest BCUT2D eigenvalue weighted by atomic mass is 16.4. The van der Waals surface area contributed by atoms with Gasteiger partial charge in [-0.25, -0.2) is 4.79 Å². The van der Waals surface area contributed by atoms with E-state index >= 15 is 0 Å². The second-order valence-electron chi connectivity index (χ2n) is 24.9. The van der Waals surface area contributed by atoms with Gasteiger partial charge >= 0.3 is 17.9 Å². The number of aliphatic hydroxyl groups excluding tert-OH is 4. The molecule has 1 aliphatic rings. The smallest absolute Gasteiger partial charge is 0.326 e. The number of hydrogen-bond donors (Lipinski definition) is 25. The van der Waals surface area contributed by atoms with Crippen molar-refractivity contribution in [3.63, 3.8) is 0 Å². The van der Waals surface area contributed by atoms with Crippen LogP contribution in [0.3, 0.4) is 0 Å². The Morgan fingerprint density at radius 2 is 0.855 bits per heavy atom. The zero-order valence-electron chi connectivity index (χ0n) is 58.8. The molecule has 2 aromatic carbocycles. The van der Waals surface area contributed by atoms with Gasteiger partial charge in [-0.3, -0.25) is 86.3 Å². The fraction of sp³-hybridized carbons (Fsp3) is 0.462. The number of aromatic amines is 2. The first-order valence-electron chi connectivity index (χ1n) is 33.8. The number of carboxylic acid groups (broad SMARTS) is 3. The van der Waals surface area contributed by atoms with Gasteiger partial charge in [0, 0.05) is 60.0 Å². The van der Waals surface area contributed by atoms with Crippen molar-refractivity contribution in [3.05, 3.63) is 72.1 Å². The number of hydrogen-bond acceptors (Lipinski definition) is 24. The molecule has 598 valence electrons. The van der Waals surface area contributed by atoms with Gasteiger partial charge in [-0.1, -0.05) is 36.4 Å². The molecule has 110 heavy (non-hydrogen) atoms. The Bertz CT molecular complexity index is 4090. The standard InChI is InChI=1S/C65H87N19O26/c1-29(73-49(91)20-66)54(98)81-43(26-86)61(105)78-39(19-53(96)97)55(99)71-24-51(93)75-42(25-85)56(100)72-23-50(92)74-37(15-30-21-69-34-9-4-2-7-32(30)34)58(102)82-45(28-88)62(106)83-44(27-87)60(104)76-36(12-13-52(94)95)57(101)77-38(17-47(67)89)59(103)79-40(18-48(68)90)64(108)84-14-6-11-46(84)63(107)80-41(65(109)110)16-31-22-70-35-10-5-3-8-33(31)35/h2-5,7-10,21-22,29,36-46,69-70,85-88H,6,11-20,23-28,66H2,1H3,(H2,67,89)(H2,68,90)(H,71,99)(H,72,100)(H,73,91)(H,74,92)(H,75,93)(H,76,104)(H,77,101)(H,78,105)(H,79,103)(H,80,107)(H,81,98)(H,82,102)(H,83,106)(H,94,95)(H,96,97)(H,109,110)/t29-,36-,37-,38-,39-,40-,41-,42-,43-,44-,45-,46-/m0/s1. The minimum absolute atomic E-state index is 0.0101. The molecule has 4 aromatic rings. The summed E-state index contributed by atoms with van der Waals surface area (Å²) in [6.07, 6.45) is -2.23. The van der Waals surface area contributed by atoms with Crippen LogP contribution in [-0.4, -0.2) is 288 Å². The maximum atomic E-state index is 14.2. The summed E-state index contributed by atoms with van der Waals surface area (Å²) in [5.41, 5.74) is 18.2.